The molecular formula is C23H51ClN4Si2. The lowest BCUT2D eigenvalue weighted by molar-refractivity contribution is 0.227. The molecule has 2 rings (SSSR count). The fourth-order valence-electron chi connectivity index (χ4n) is 6.31. The molecule has 2 saturated heterocycles. The van der Waals surface area contributed by atoms with Crippen LogP contribution < -0.4 is 0 Å². The second kappa shape index (κ2) is 7.81. The highest BCUT2D eigenvalue weighted by Crippen LogP contribution is 2.53. The van der Waals surface area contributed by atoms with Crippen molar-refractivity contribution in [3.05, 3.63) is 0 Å². The summed E-state index contributed by atoms with van der Waals surface area (Å²) in [5.41, 5.74) is 0.842. The van der Waals surface area contributed by atoms with Gasteiger partial charge in [0.15, 0.2) is 0 Å². The molecule has 0 spiro atoms. The Kier molecular flexibility index (Phi) is 6.98. The predicted molar refractivity (Wildman–Crippen MR) is 138 cm³/mol. The highest BCUT2D eigenvalue weighted by Gasteiger charge is 2.77. The van der Waals surface area contributed by atoms with Crippen molar-refractivity contribution in [3.8, 4) is 0 Å². The molecule has 0 atom stereocenters. The Morgan fingerprint density at radius 2 is 0.767 bits per heavy atom. The first-order chi connectivity index (χ1) is 13.1. The third kappa shape index (κ3) is 4.01. The van der Waals surface area contributed by atoms with E-state index in [0.717, 1.165) is 26.2 Å². The van der Waals surface area contributed by atoms with Crippen LogP contribution in [0.5, 0.6) is 0 Å². The molecular weight excluding hydrogens is 424 g/mol. The molecule has 0 aromatic rings. The van der Waals surface area contributed by atoms with Crippen LogP contribution in [0.15, 0.2) is 0 Å². The number of rotatable bonds is 2. The molecule has 0 aromatic carbocycles. The predicted octanol–water partition coefficient (Wildman–Crippen LogP) is 5.52. The summed E-state index contributed by atoms with van der Waals surface area (Å²) in [5, 5.41) is 0. The fraction of sp³-hybridized carbons (Fsp3) is 1.00. The van der Waals surface area contributed by atoms with Gasteiger partial charge in [-0.1, -0.05) is 13.8 Å². The quantitative estimate of drug-likeness (QED) is 0.385. The summed E-state index contributed by atoms with van der Waals surface area (Å²) in [6.45, 7) is 38.1. The fourth-order valence-corrected chi connectivity index (χ4v) is 33.7. The third-order valence-electron chi connectivity index (χ3n) is 7.15. The Morgan fingerprint density at radius 3 is 0.967 bits per heavy atom. The number of hydrogen-bond acceptors (Lipinski definition) is 4. The van der Waals surface area contributed by atoms with Crippen molar-refractivity contribution in [2.75, 3.05) is 26.2 Å². The lowest BCUT2D eigenvalue weighted by atomic mass is 10.1. The van der Waals surface area contributed by atoms with Crippen LogP contribution in [0.1, 0.15) is 96.9 Å². The van der Waals surface area contributed by atoms with Gasteiger partial charge in [-0.3, -0.25) is 9.13 Å². The standard InChI is InChI=1S/C23H51ClN4Si2/c1-19(2)29(25(20(3,4)5)15-16-26(29)21(6,7)8)30(24)27(22(9,10)11)17-18-28(30)23(12,13)14/h19H,15-18H2,1-14H3. The monoisotopic (exact) mass is 474 g/mol. The van der Waals surface area contributed by atoms with E-state index in [1.807, 2.05) is 0 Å². The zero-order valence-electron chi connectivity index (χ0n) is 22.6. The summed E-state index contributed by atoms with van der Waals surface area (Å²) >= 11 is 8.40. The van der Waals surface area contributed by atoms with Crippen LogP contribution in [-0.4, -0.2) is 81.7 Å². The van der Waals surface area contributed by atoms with Crippen LogP contribution in [0.25, 0.3) is 0 Å². The Bertz CT molecular complexity index is 581. The minimum absolute atomic E-state index is 0.0541. The first kappa shape index (κ1) is 26.8. The molecule has 0 unspecified atom stereocenters. The van der Waals surface area contributed by atoms with Gasteiger partial charge in [0.2, 0.25) is 0 Å². The number of halogens is 1. The van der Waals surface area contributed by atoms with Crippen LogP contribution in [0.3, 0.4) is 0 Å². The number of hydrogen-bond donors (Lipinski definition) is 0. The molecule has 2 heterocycles. The first-order valence-corrected chi connectivity index (χ1v) is 17.8. The molecule has 7 heteroatoms. The van der Waals surface area contributed by atoms with Crippen LogP contribution in [0.4, 0.5) is 0 Å². The van der Waals surface area contributed by atoms with Crippen LogP contribution in [0.2, 0.25) is 5.54 Å². The molecule has 0 aromatic heterocycles. The van der Waals surface area contributed by atoms with Gasteiger partial charge in [-0.2, -0.15) is 0 Å². The molecule has 2 aliphatic heterocycles. The molecule has 0 N–H and O–H groups in total. The number of nitrogens with zero attached hydrogens (tertiary/aromatic N) is 4. The molecule has 2 fully saturated rings. The second-order valence-corrected chi connectivity index (χ2v) is 26.5. The normalized spacial score (nSPS) is 25.6. The van der Waals surface area contributed by atoms with Gasteiger partial charge < -0.3 is 9.13 Å². The van der Waals surface area contributed by atoms with Crippen molar-refractivity contribution < 1.29 is 0 Å². The minimum atomic E-state index is -2.61. The molecule has 0 bridgehead atoms. The summed E-state index contributed by atoms with van der Waals surface area (Å²) < 4.78 is 11.4. The van der Waals surface area contributed by atoms with Crippen molar-refractivity contribution in [1.29, 1.82) is 0 Å². The summed E-state index contributed by atoms with van der Waals surface area (Å²) in [4.78, 5) is 0. The average molecular weight is 475 g/mol. The van der Waals surface area contributed by atoms with Crippen LogP contribution in [-0.2, 0) is 0 Å². The Labute approximate surface area is 195 Å². The maximum absolute atomic E-state index is 8.40. The second-order valence-electron chi connectivity index (χ2n) is 13.8. The Morgan fingerprint density at radius 1 is 0.533 bits per heavy atom. The van der Waals surface area contributed by atoms with Crippen molar-refractivity contribution in [1.82, 2.24) is 18.3 Å². The SMILES string of the molecule is CC(C)[Si]1([Si]2(Cl)N(C(C)(C)C)CCN2C(C)(C)C)N(C(C)(C)C)CCN1C(C)(C)C. The summed E-state index contributed by atoms with van der Waals surface area (Å²) in [7, 11) is -4.97. The topological polar surface area (TPSA) is 13.0 Å². The first-order valence-electron chi connectivity index (χ1n) is 11.9. The van der Waals surface area contributed by atoms with Gasteiger partial charge in [-0.05, 0) is 88.6 Å². The van der Waals surface area contributed by atoms with E-state index in [4.69, 9.17) is 11.1 Å². The molecule has 0 radical (unpaired) electrons. The maximum Gasteiger partial charge on any atom is 0.326 e. The van der Waals surface area contributed by atoms with Crippen LogP contribution >= 0.6 is 11.1 Å². The van der Waals surface area contributed by atoms with Gasteiger partial charge in [-0.25, -0.2) is 0 Å². The van der Waals surface area contributed by atoms with E-state index >= 15 is 0 Å². The lowest BCUT2D eigenvalue weighted by Gasteiger charge is -2.63. The minimum Gasteiger partial charge on any atom is -0.305 e. The molecule has 178 valence electrons. The maximum atomic E-state index is 8.40. The van der Waals surface area contributed by atoms with Crippen LogP contribution in [0, 0.1) is 0 Å². The van der Waals surface area contributed by atoms with E-state index in [0.29, 0.717) is 5.54 Å². The molecule has 30 heavy (non-hydrogen) atoms. The highest BCUT2D eigenvalue weighted by atomic mass is 35.6. The smallest absolute Gasteiger partial charge is 0.305 e. The highest BCUT2D eigenvalue weighted by molar-refractivity contribution is 7.56. The Balaban J connectivity index is 2.97. The van der Waals surface area contributed by atoms with Crippen molar-refractivity contribution >= 4 is 26.2 Å². The van der Waals surface area contributed by atoms with E-state index < -0.39 is 15.1 Å². The third-order valence-corrected chi connectivity index (χ3v) is 27.9. The lowest BCUT2D eigenvalue weighted by Crippen LogP contribution is -2.89. The van der Waals surface area contributed by atoms with E-state index in [2.05, 4.69) is 115 Å². The van der Waals surface area contributed by atoms with Gasteiger partial charge >= 0.3 is 7.22 Å². The molecule has 4 nitrogen and oxygen atoms in total. The van der Waals surface area contributed by atoms with E-state index in [1.54, 1.807) is 0 Å². The average Bonchev–Trinajstić information content (AvgIpc) is 3.04. The molecule has 0 saturated carbocycles. The zero-order chi connectivity index (χ0) is 23.7. The summed E-state index contributed by atoms with van der Waals surface area (Å²) in [6.07, 6.45) is 0. The van der Waals surface area contributed by atoms with Crippen molar-refractivity contribution in [2.45, 2.75) is 125 Å². The summed E-state index contributed by atoms with van der Waals surface area (Å²) in [6, 6.07) is 0. The van der Waals surface area contributed by atoms with Gasteiger partial charge in [0, 0.05) is 48.3 Å². The molecule has 0 amide bonds. The van der Waals surface area contributed by atoms with Gasteiger partial charge in [0.05, 0.1) is 0 Å². The molecule has 0 aliphatic carbocycles. The van der Waals surface area contributed by atoms with E-state index in [-0.39, 0.29) is 22.2 Å². The summed E-state index contributed by atoms with van der Waals surface area (Å²) in [5.74, 6) is 0. The van der Waals surface area contributed by atoms with Crippen molar-refractivity contribution in [2.24, 2.45) is 0 Å². The zero-order valence-corrected chi connectivity index (χ0v) is 25.3. The molecule has 2 aliphatic rings. The Hall–Kier alpha value is 0.564. The van der Waals surface area contributed by atoms with E-state index in [1.165, 1.54) is 0 Å². The van der Waals surface area contributed by atoms with Gasteiger partial charge in [0.1, 0.15) is 0 Å². The van der Waals surface area contributed by atoms with E-state index in [9.17, 15) is 0 Å². The largest absolute Gasteiger partial charge is 0.326 e. The van der Waals surface area contributed by atoms with Crippen molar-refractivity contribution in [3.63, 3.8) is 0 Å². The van der Waals surface area contributed by atoms with Gasteiger partial charge in [0.25, 0.3) is 7.91 Å². The van der Waals surface area contributed by atoms with Gasteiger partial charge in [-0.15, -0.1) is 11.1 Å².